The largest absolute Gasteiger partial charge is 0.478 e. The fourth-order valence-electron chi connectivity index (χ4n) is 5.16. The second kappa shape index (κ2) is 10.9. The maximum Gasteiger partial charge on any atom is 0.408 e. The number of aliphatic carboxylic acids is 1. The molecule has 1 fully saturated rings. The third kappa shape index (κ3) is 5.87. The van der Waals surface area contributed by atoms with Gasteiger partial charge in [0.25, 0.3) is 0 Å². The number of imidazole rings is 1. The Kier molecular flexibility index (Phi) is 7.37. The number of halogens is 2. The van der Waals surface area contributed by atoms with Crippen LogP contribution in [-0.4, -0.2) is 66.9 Å². The lowest BCUT2D eigenvalue weighted by Gasteiger charge is -2.33. The molecule has 5 rings (SSSR count). The van der Waals surface area contributed by atoms with Crippen LogP contribution in [-0.2, 0) is 16.1 Å². The van der Waals surface area contributed by atoms with E-state index in [0.29, 0.717) is 22.5 Å². The Morgan fingerprint density at radius 3 is 2.52 bits per heavy atom. The smallest absolute Gasteiger partial charge is 0.408 e. The van der Waals surface area contributed by atoms with Gasteiger partial charge >= 0.3 is 18.2 Å². The number of hydrogen-bond donors (Lipinski definition) is 3. The first-order chi connectivity index (χ1) is 19.1. The van der Waals surface area contributed by atoms with Gasteiger partial charge in [-0.25, -0.2) is 32.7 Å². The molecule has 0 spiro atoms. The van der Waals surface area contributed by atoms with Gasteiger partial charge in [0.05, 0.1) is 42.8 Å². The highest BCUT2D eigenvalue weighted by atomic mass is 19.3. The molecule has 2 aromatic heterocycles. The van der Waals surface area contributed by atoms with Gasteiger partial charge in [0.2, 0.25) is 5.92 Å². The zero-order valence-corrected chi connectivity index (χ0v) is 21.3. The molecule has 2 aliphatic rings. The number of amides is 2. The molecule has 1 aromatic carbocycles. The number of hydrogen-bond acceptors (Lipinski definition) is 6. The summed E-state index contributed by atoms with van der Waals surface area (Å²) in [6.07, 6.45) is 0.767. The van der Waals surface area contributed by atoms with Crippen molar-refractivity contribution in [1.29, 1.82) is 0 Å². The van der Waals surface area contributed by atoms with Gasteiger partial charge in [-0.05, 0) is 36.0 Å². The molecule has 3 N–H and O–H groups in total. The first kappa shape index (κ1) is 27.0. The summed E-state index contributed by atoms with van der Waals surface area (Å²) in [7, 11) is 0. The lowest BCUT2D eigenvalue weighted by Crippen LogP contribution is -2.37. The predicted molar refractivity (Wildman–Crippen MR) is 137 cm³/mol. The van der Waals surface area contributed by atoms with Crippen molar-refractivity contribution in [2.45, 2.75) is 44.3 Å². The first-order valence-corrected chi connectivity index (χ1v) is 12.7. The van der Waals surface area contributed by atoms with E-state index in [-0.39, 0.29) is 56.9 Å². The normalized spacial score (nSPS) is 18.1. The second-order valence-electron chi connectivity index (χ2n) is 9.99. The number of alkyl carbamates (subject to hydrolysis) is 1. The minimum atomic E-state index is -2.76. The van der Waals surface area contributed by atoms with Gasteiger partial charge in [-0.2, -0.15) is 5.10 Å². The van der Waals surface area contributed by atoms with Crippen molar-refractivity contribution >= 4 is 29.4 Å². The lowest BCUT2D eigenvalue weighted by molar-refractivity contribution is -0.132. The van der Waals surface area contributed by atoms with Crippen molar-refractivity contribution in [2.75, 3.05) is 13.1 Å². The first-order valence-electron chi connectivity index (χ1n) is 12.7. The number of aromatic nitrogens is 3. The van der Waals surface area contributed by atoms with Crippen LogP contribution in [0.25, 0.3) is 11.2 Å². The molecule has 1 aliphatic carbocycles. The molecule has 11 nitrogen and oxygen atoms in total. The number of alkyl halides is 2. The van der Waals surface area contributed by atoms with Crippen molar-refractivity contribution in [1.82, 2.24) is 24.8 Å². The van der Waals surface area contributed by atoms with Gasteiger partial charge in [-0.1, -0.05) is 30.3 Å². The van der Waals surface area contributed by atoms with E-state index >= 15 is 0 Å². The number of nitrogens with one attached hydrogen (secondary N) is 1. The molecule has 0 radical (unpaired) electrons. The average molecular weight is 556 g/mol. The van der Waals surface area contributed by atoms with Crippen molar-refractivity contribution in [3.63, 3.8) is 0 Å². The van der Waals surface area contributed by atoms with Crippen LogP contribution in [0.4, 0.5) is 18.4 Å². The molecule has 0 unspecified atom stereocenters. The zero-order valence-electron chi connectivity index (χ0n) is 21.3. The Hall–Kier alpha value is -4.55. The minimum Gasteiger partial charge on any atom is -0.478 e. The van der Waals surface area contributed by atoms with Crippen LogP contribution in [0.5, 0.6) is 0 Å². The lowest BCUT2D eigenvalue weighted by atomic mass is 9.81. The van der Waals surface area contributed by atoms with E-state index in [4.69, 9.17) is 4.74 Å². The molecule has 3 aromatic rings. The van der Waals surface area contributed by atoms with E-state index in [1.165, 1.54) is 10.7 Å². The zero-order chi connectivity index (χ0) is 28.4. The van der Waals surface area contributed by atoms with Crippen LogP contribution in [0.2, 0.25) is 0 Å². The van der Waals surface area contributed by atoms with Crippen LogP contribution in [0, 0.1) is 5.92 Å². The number of carboxylic acid groups (broad SMARTS) is 2. The highest BCUT2D eigenvalue weighted by molar-refractivity contribution is 6.00. The Labute approximate surface area is 227 Å². The standard InChI is InChI=1S/C27H27F2N5O6/c28-27(29)8-6-17(7-9-27)23(32-25(37)40-15-16-4-2-1-3-5-16)21-14-34-22(31-21)10-18(11-30-34)19-12-33(26(38)39)13-20(19)24(35)36/h1-5,10-11,14,17,23H,6-9,12-13,15H2,(H,32,37)(H,35,36)(H,38,39)/t23-/m0/s1. The third-order valence-electron chi connectivity index (χ3n) is 7.32. The Morgan fingerprint density at radius 2 is 1.85 bits per heavy atom. The van der Waals surface area contributed by atoms with E-state index in [1.807, 2.05) is 30.3 Å². The average Bonchev–Trinajstić information content (AvgIpc) is 3.56. The quantitative estimate of drug-likeness (QED) is 0.390. The Morgan fingerprint density at radius 1 is 1.12 bits per heavy atom. The topological polar surface area (TPSA) is 146 Å². The monoisotopic (exact) mass is 555 g/mol. The molecule has 13 heteroatoms. The molecule has 0 bridgehead atoms. The number of rotatable bonds is 7. The molecule has 40 heavy (non-hydrogen) atoms. The second-order valence-corrected chi connectivity index (χ2v) is 9.99. The van der Waals surface area contributed by atoms with Crippen LogP contribution in [0.1, 0.15) is 48.5 Å². The predicted octanol–water partition coefficient (Wildman–Crippen LogP) is 4.35. The summed E-state index contributed by atoms with van der Waals surface area (Å²) in [5.74, 6) is -4.31. The minimum absolute atomic E-state index is 0.0343. The summed E-state index contributed by atoms with van der Waals surface area (Å²) >= 11 is 0. The van der Waals surface area contributed by atoms with Gasteiger partial charge in [0.15, 0.2) is 5.65 Å². The molecular formula is C27H27F2N5O6. The molecule has 3 heterocycles. The molecule has 2 amide bonds. The molecule has 0 saturated heterocycles. The number of carboxylic acids is 1. The summed E-state index contributed by atoms with van der Waals surface area (Å²) in [6, 6.07) is 9.95. The van der Waals surface area contributed by atoms with Gasteiger partial charge < -0.3 is 20.3 Å². The number of carbonyl (C=O) groups is 3. The van der Waals surface area contributed by atoms with E-state index < -0.39 is 30.1 Å². The highest BCUT2D eigenvalue weighted by Gasteiger charge is 2.39. The summed E-state index contributed by atoms with van der Waals surface area (Å²) in [5.41, 5.74) is 2.16. The van der Waals surface area contributed by atoms with E-state index in [0.717, 1.165) is 10.5 Å². The van der Waals surface area contributed by atoms with Crippen molar-refractivity contribution < 1.29 is 38.1 Å². The number of nitrogens with zero attached hydrogens (tertiary/aromatic N) is 4. The van der Waals surface area contributed by atoms with Gasteiger partial charge in [-0.3, -0.25) is 4.90 Å². The number of carbonyl (C=O) groups excluding carboxylic acids is 1. The SMILES string of the molecule is O=C(N[C@H](c1cn2ncc(C3=C(C(=O)O)CN(C(=O)O)C3)cc2n1)C1CCC(F)(F)CC1)OCc1ccccc1. The van der Waals surface area contributed by atoms with E-state index in [2.05, 4.69) is 15.4 Å². The molecule has 1 aliphatic heterocycles. The molecule has 210 valence electrons. The molecule has 1 atom stereocenters. The van der Waals surface area contributed by atoms with E-state index in [1.54, 1.807) is 12.3 Å². The van der Waals surface area contributed by atoms with Gasteiger partial charge in [0.1, 0.15) is 6.61 Å². The third-order valence-corrected chi connectivity index (χ3v) is 7.32. The Balaban J connectivity index is 1.41. The van der Waals surface area contributed by atoms with Crippen LogP contribution in [0.3, 0.4) is 0 Å². The Bertz CT molecular complexity index is 1460. The maximum atomic E-state index is 13.9. The van der Waals surface area contributed by atoms with Crippen LogP contribution < -0.4 is 5.32 Å². The van der Waals surface area contributed by atoms with Crippen molar-refractivity contribution in [3.8, 4) is 0 Å². The fraction of sp³-hybridized carbons (Fsp3) is 0.370. The van der Waals surface area contributed by atoms with Crippen LogP contribution in [0.15, 0.2) is 54.4 Å². The number of ether oxygens (including phenoxy) is 1. The molecular weight excluding hydrogens is 528 g/mol. The summed E-state index contributed by atoms with van der Waals surface area (Å²) < 4.78 is 34.6. The number of fused-ring (bicyclic) bond motifs is 1. The van der Waals surface area contributed by atoms with Gasteiger partial charge in [0, 0.05) is 18.4 Å². The highest BCUT2D eigenvalue weighted by Crippen LogP contribution is 2.41. The maximum absolute atomic E-state index is 13.9. The van der Waals surface area contributed by atoms with Crippen molar-refractivity contribution in [2.24, 2.45) is 5.92 Å². The van der Waals surface area contributed by atoms with Crippen molar-refractivity contribution in [3.05, 3.63) is 71.2 Å². The fourth-order valence-corrected chi connectivity index (χ4v) is 5.16. The summed E-state index contributed by atoms with van der Waals surface area (Å²) in [6.45, 7) is -0.336. The van der Waals surface area contributed by atoms with E-state index in [9.17, 15) is 33.4 Å². The number of benzene rings is 1. The summed E-state index contributed by atoms with van der Waals surface area (Å²) in [4.78, 5) is 41.5. The summed E-state index contributed by atoms with van der Waals surface area (Å²) in [5, 5.41) is 26.0. The van der Waals surface area contributed by atoms with Gasteiger partial charge in [-0.15, -0.1) is 0 Å². The molecule has 1 saturated carbocycles. The van der Waals surface area contributed by atoms with Crippen LogP contribution >= 0.6 is 0 Å².